The van der Waals surface area contributed by atoms with Crippen molar-refractivity contribution < 1.29 is 0 Å². The highest BCUT2D eigenvalue weighted by Gasteiger charge is 2.20. The van der Waals surface area contributed by atoms with Gasteiger partial charge in [0, 0.05) is 12.5 Å². The van der Waals surface area contributed by atoms with E-state index in [0.29, 0.717) is 6.04 Å². The first-order valence-electron chi connectivity index (χ1n) is 4.97. The SMILES string of the molecule is C#CCCC(CC1CCC1)NC. The maximum atomic E-state index is 5.23. The minimum Gasteiger partial charge on any atom is -0.317 e. The lowest BCUT2D eigenvalue weighted by atomic mass is 9.80. The third-order valence-corrected chi connectivity index (χ3v) is 2.89. The number of hydrogen-bond acceptors (Lipinski definition) is 1. The Balaban J connectivity index is 2.11. The zero-order valence-electron chi connectivity index (χ0n) is 7.97. The first-order valence-corrected chi connectivity index (χ1v) is 4.97. The molecule has 0 bridgehead atoms. The Kier molecular flexibility index (Phi) is 4.18. The van der Waals surface area contributed by atoms with E-state index >= 15 is 0 Å². The average molecular weight is 165 g/mol. The van der Waals surface area contributed by atoms with Crippen molar-refractivity contribution in [3.63, 3.8) is 0 Å². The van der Waals surface area contributed by atoms with Gasteiger partial charge >= 0.3 is 0 Å². The van der Waals surface area contributed by atoms with Crippen LogP contribution in [0, 0.1) is 18.3 Å². The van der Waals surface area contributed by atoms with Gasteiger partial charge in [-0.3, -0.25) is 0 Å². The van der Waals surface area contributed by atoms with Gasteiger partial charge in [-0.1, -0.05) is 19.3 Å². The van der Waals surface area contributed by atoms with E-state index in [1.54, 1.807) is 0 Å². The van der Waals surface area contributed by atoms with Crippen LogP contribution >= 0.6 is 0 Å². The van der Waals surface area contributed by atoms with Gasteiger partial charge in [0.15, 0.2) is 0 Å². The molecule has 0 aliphatic heterocycles. The summed E-state index contributed by atoms with van der Waals surface area (Å²) in [6.45, 7) is 0. The van der Waals surface area contributed by atoms with Crippen LogP contribution in [0.3, 0.4) is 0 Å². The molecule has 12 heavy (non-hydrogen) atoms. The van der Waals surface area contributed by atoms with Crippen LogP contribution < -0.4 is 5.32 Å². The second-order valence-corrected chi connectivity index (χ2v) is 3.76. The Labute approximate surface area is 75.9 Å². The van der Waals surface area contributed by atoms with Crippen LogP contribution in [-0.4, -0.2) is 13.1 Å². The third-order valence-electron chi connectivity index (χ3n) is 2.89. The highest BCUT2D eigenvalue weighted by Crippen LogP contribution is 2.31. The molecule has 1 atom stereocenters. The van der Waals surface area contributed by atoms with E-state index in [9.17, 15) is 0 Å². The van der Waals surface area contributed by atoms with Crippen LogP contribution in [0.5, 0.6) is 0 Å². The van der Waals surface area contributed by atoms with E-state index < -0.39 is 0 Å². The zero-order chi connectivity index (χ0) is 8.81. The lowest BCUT2D eigenvalue weighted by molar-refractivity contribution is 0.260. The van der Waals surface area contributed by atoms with Crippen molar-refractivity contribution in [1.82, 2.24) is 5.32 Å². The summed E-state index contributed by atoms with van der Waals surface area (Å²) in [5.41, 5.74) is 0. The Morgan fingerprint density at radius 2 is 2.33 bits per heavy atom. The topological polar surface area (TPSA) is 12.0 Å². The summed E-state index contributed by atoms with van der Waals surface area (Å²) in [7, 11) is 2.04. The van der Waals surface area contributed by atoms with E-state index in [1.165, 1.54) is 25.7 Å². The van der Waals surface area contributed by atoms with Crippen molar-refractivity contribution >= 4 is 0 Å². The fraction of sp³-hybridized carbons (Fsp3) is 0.818. The van der Waals surface area contributed by atoms with Crippen LogP contribution in [0.15, 0.2) is 0 Å². The lowest BCUT2D eigenvalue weighted by Crippen LogP contribution is -2.29. The summed E-state index contributed by atoms with van der Waals surface area (Å²) in [6.07, 6.45) is 12.9. The Morgan fingerprint density at radius 3 is 2.75 bits per heavy atom. The van der Waals surface area contributed by atoms with Gasteiger partial charge in [0.05, 0.1) is 0 Å². The van der Waals surface area contributed by atoms with Crippen LogP contribution in [0.2, 0.25) is 0 Å². The molecule has 1 rings (SSSR count). The molecular weight excluding hydrogens is 146 g/mol. The van der Waals surface area contributed by atoms with Crippen molar-refractivity contribution in [3.8, 4) is 12.3 Å². The predicted octanol–water partition coefficient (Wildman–Crippen LogP) is 2.18. The summed E-state index contributed by atoms with van der Waals surface area (Å²) in [4.78, 5) is 0. The molecule has 1 fully saturated rings. The minimum absolute atomic E-state index is 0.659. The van der Waals surface area contributed by atoms with E-state index in [1.807, 2.05) is 7.05 Å². The largest absolute Gasteiger partial charge is 0.317 e. The van der Waals surface area contributed by atoms with Crippen molar-refractivity contribution in [3.05, 3.63) is 0 Å². The maximum absolute atomic E-state index is 5.23. The van der Waals surface area contributed by atoms with Gasteiger partial charge in [0.1, 0.15) is 0 Å². The summed E-state index contributed by atoms with van der Waals surface area (Å²) >= 11 is 0. The fourth-order valence-corrected chi connectivity index (χ4v) is 1.77. The maximum Gasteiger partial charge on any atom is 0.0101 e. The average Bonchev–Trinajstić information content (AvgIpc) is 2.02. The molecule has 0 saturated heterocycles. The third kappa shape index (κ3) is 2.87. The monoisotopic (exact) mass is 165 g/mol. The Morgan fingerprint density at radius 1 is 1.58 bits per heavy atom. The summed E-state index contributed by atoms with van der Waals surface area (Å²) in [6, 6.07) is 0.659. The quantitative estimate of drug-likeness (QED) is 0.616. The summed E-state index contributed by atoms with van der Waals surface area (Å²) in [5.74, 6) is 3.69. The first kappa shape index (κ1) is 9.61. The number of terminal acetylenes is 1. The fourth-order valence-electron chi connectivity index (χ4n) is 1.77. The van der Waals surface area contributed by atoms with Gasteiger partial charge in [-0.25, -0.2) is 0 Å². The smallest absolute Gasteiger partial charge is 0.0101 e. The minimum atomic E-state index is 0.659. The van der Waals surface area contributed by atoms with Crippen molar-refractivity contribution in [2.45, 2.75) is 44.6 Å². The molecule has 0 spiro atoms. The van der Waals surface area contributed by atoms with Crippen molar-refractivity contribution in [2.75, 3.05) is 7.05 Å². The molecule has 1 N–H and O–H groups in total. The van der Waals surface area contributed by atoms with Crippen LogP contribution in [0.25, 0.3) is 0 Å². The molecule has 0 aromatic heterocycles. The predicted molar refractivity (Wildman–Crippen MR) is 52.9 cm³/mol. The molecule has 0 aromatic rings. The molecule has 1 aliphatic rings. The molecule has 1 unspecified atom stereocenters. The summed E-state index contributed by atoms with van der Waals surface area (Å²) < 4.78 is 0. The number of rotatable bonds is 5. The van der Waals surface area contributed by atoms with Gasteiger partial charge < -0.3 is 5.32 Å². The standard InChI is InChI=1S/C11H19N/c1-3-4-8-11(12-2)9-10-6-5-7-10/h1,10-12H,4-9H2,2H3. The molecule has 1 saturated carbocycles. The van der Waals surface area contributed by atoms with E-state index in [2.05, 4.69) is 11.2 Å². The zero-order valence-corrected chi connectivity index (χ0v) is 7.97. The Hall–Kier alpha value is -0.480. The van der Waals surface area contributed by atoms with E-state index in [4.69, 9.17) is 6.42 Å². The Bertz CT molecular complexity index is 153. The van der Waals surface area contributed by atoms with Gasteiger partial charge in [0.25, 0.3) is 0 Å². The number of nitrogens with one attached hydrogen (secondary N) is 1. The summed E-state index contributed by atoms with van der Waals surface area (Å²) in [5, 5.41) is 3.34. The van der Waals surface area contributed by atoms with Crippen molar-refractivity contribution in [1.29, 1.82) is 0 Å². The second kappa shape index (κ2) is 5.22. The van der Waals surface area contributed by atoms with Gasteiger partial charge in [0.2, 0.25) is 0 Å². The van der Waals surface area contributed by atoms with Crippen LogP contribution in [0.4, 0.5) is 0 Å². The van der Waals surface area contributed by atoms with Gasteiger partial charge in [-0.05, 0) is 25.8 Å². The molecule has 1 aliphatic carbocycles. The normalized spacial score (nSPS) is 19.7. The molecule has 1 nitrogen and oxygen atoms in total. The molecule has 0 heterocycles. The van der Waals surface area contributed by atoms with Crippen molar-refractivity contribution in [2.24, 2.45) is 5.92 Å². The van der Waals surface area contributed by atoms with Crippen LogP contribution in [-0.2, 0) is 0 Å². The molecule has 0 aromatic carbocycles. The molecule has 0 radical (unpaired) electrons. The molecule has 68 valence electrons. The van der Waals surface area contributed by atoms with E-state index in [0.717, 1.165) is 18.8 Å². The highest BCUT2D eigenvalue weighted by molar-refractivity contribution is 4.86. The molecule has 1 heteroatoms. The molecule has 0 amide bonds. The lowest BCUT2D eigenvalue weighted by Gasteiger charge is -2.29. The number of hydrogen-bond donors (Lipinski definition) is 1. The van der Waals surface area contributed by atoms with Crippen LogP contribution in [0.1, 0.15) is 38.5 Å². The first-order chi connectivity index (χ1) is 5.86. The molecular formula is C11H19N. The van der Waals surface area contributed by atoms with Gasteiger partial charge in [-0.2, -0.15) is 0 Å². The highest BCUT2D eigenvalue weighted by atomic mass is 14.9. The second-order valence-electron chi connectivity index (χ2n) is 3.76. The van der Waals surface area contributed by atoms with Gasteiger partial charge in [-0.15, -0.1) is 12.3 Å². The van der Waals surface area contributed by atoms with E-state index in [-0.39, 0.29) is 0 Å².